The van der Waals surface area contributed by atoms with Gasteiger partial charge in [0.05, 0.1) is 11.8 Å². The average Bonchev–Trinajstić information content (AvgIpc) is 3.50. The van der Waals surface area contributed by atoms with E-state index >= 15 is 0 Å². The molecule has 32 heavy (non-hydrogen) atoms. The van der Waals surface area contributed by atoms with E-state index in [0.29, 0.717) is 21.8 Å². The number of hydrogen-bond donors (Lipinski definition) is 0. The number of thiophene rings is 1. The molecule has 0 aliphatic carbocycles. The molecular weight excluding hydrogens is 440 g/mol. The molecule has 0 aliphatic heterocycles. The third kappa shape index (κ3) is 2.72. The van der Waals surface area contributed by atoms with Gasteiger partial charge in [-0.1, -0.05) is 0 Å². The van der Waals surface area contributed by atoms with Crippen molar-refractivity contribution in [3.05, 3.63) is 54.8 Å². The Morgan fingerprint density at radius 3 is 2.66 bits per heavy atom. The quantitative estimate of drug-likeness (QED) is 0.318. The molecule has 5 aromatic rings. The molecule has 0 saturated carbocycles. The summed E-state index contributed by atoms with van der Waals surface area (Å²) in [6.07, 6.45) is 1.42. The van der Waals surface area contributed by atoms with Crippen LogP contribution in [0.5, 0.6) is 0 Å². The Morgan fingerprint density at radius 2 is 1.88 bits per heavy atom. The van der Waals surface area contributed by atoms with Crippen LogP contribution in [0.3, 0.4) is 0 Å². The molecule has 14 heteroatoms. The number of nitrogens with zero attached hydrogens (tertiary/aromatic N) is 8. The molecule has 0 fully saturated rings. The molecule has 0 radical (unpaired) electrons. The molecule has 0 N–H and O–H groups in total. The van der Waals surface area contributed by atoms with Gasteiger partial charge in [0.25, 0.3) is 11.1 Å². The van der Waals surface area contributed by atoms with Crippen molar-refractivity contribution in [2.75, 3.05) is 0 Å². The Morgan fingerprint density at radius 1 is 1.09 bits per heavy atom. The molecule has 0 atom stereocenters. The number of carbonyl (C=O) groups excluding carboxylic acids is 1. The summed E-state index contributed by atoms with van der Waals surface area (Å²) in [5.41, 5.74) is -0.476. The zero-order valence-corrected chi connectivity index (χ0v) is 18.0. The third-order valence-corrected chi connectivity index (χ3v) is 6.14. The Balaban J connectivity index is 1.46. The van der Waals surface area contributed by atoms with Crippen molar-refractivity contribution in [2.24, 2.45) is 21.1 Å². The molecule has 5 rings (SSSR count). The zero-order chi connectivity index (χ0) is 22.7. The van der Waals surface area contributed by atoms with Crippen molar-refractivity contribution in [1.29, 1.82) is 0 Å². The van der Waals surface area contributed by atoms with Gasteiger partial charge in [0.15, 0.2) is 23.6 Å². The van der Waals surface area contributed by atoms with Gasteiger partial charge in [-0.25, -0.2) is 14.3 Å². The lowest BCUT2D eigenvalue weighted by Gasteiger charge is -2.09. The third-order valence-electron chi connectivity index (χ3n) is 5.25. The molecule has 0 bridgehead atoms. The van der Waals surface area contributed by atoms with Gasteiger partial charge in [-0.15, -0.1) is 21.5 Å². The van der Waals surface area contributed by atoms with Gasteiger partial charge < -0.3 is 9.30 Å². The van der Waals surface area contributed by atoms with E-state index in [9.17, 15) is 19.2 Å². The summed E-state index contributed by atoms with van der Waals surface area (Å²) in [5.74, 6) is -0.192. The van der Waals surface area contributed by atoms with Gasteiger partial charge in [0, 0.05) is 21.1 Å². The molecular formula is C18H16N8O5S. The van der Waals surface area contributed by atoms with E-state index in [2.05, 4.69) is 15.2 Å². The summed E-state index contributed by atoms with van der Waals surface area (Å²) >= 11 is 1.29. The Hall–Kier alpha value is -4.07. The predicted octanol–water partition coefficient (Wildman–Crippen LogP) is -0.867. The highest BCUT2D eigenvalue weighted by atomic mass is 32.1. The van der Waals surface area contributed by atoms with Crippen LogP contribution in [0, 0.1) is 0 Å². The van der Waals surface area contributed by atoms with E-state index in [4.69, 9.17) is 4.74 Å². The highest BCUT2D eigenvalue weighted by Crippen LogP contribution is 2.19. The topological polar surface area (TPSA) is 140 Å². The summed E-state index contributed by atoms with van der Waals surface area (Å²) < 4.78 is 12.3. The molecule has 164 valence electrons. The molecule has 0 aliphatic rings. The largest absolute Gasteiger partial charge is 0.456 e. The second-order valence-corrected chi connectivity index (χ2v) is 8.09. The second-order valence-electron chi connectivity index (χ2n) is 7.17. The number of ether oxygens (including phenoxy) is 1. The fourth-order valence-electron chi connectivity index (χ4n) is 3.60. The highest BCUT2D eigenvalue weighted by molar-refractivity contribution is 7.17. The molecule has 0 saturated heterocycles. The van der Waals surface area contributed by atoms with Crippen LogP contribution < -0.4 is 16.8 Å². The van der Waals surface area contributed by atoms with Gasteiger partial charge in [-0.3, -0.25) is 27.9 Å². The molecule has 0 amide bonds. The lowest BCUT2D eigenvalue weighted by molar-refractivity contribution is -0.146. The van der Waals surface area contributed by atoms with Crippen molar-refractivity contribution in [2.45, 2.75) is 13.2 Å². The number of carbonyl (C=O) groups is 1. The van der Waals surface area contributed by atoms with E-state index < -0.39 is 23.8 Å². The number of esters is 1. The van der Waals surface area contributed by atoms with Crippen LogP contribution in [0.15, 0.2) is 32.2 Å². The fraction of sp³-hybridized carbons (Fsp3) is 0.278. The smallest absolute Gasteiger partial charge is 0.333 e. The van der Waals surface area contributed by atoms with Crippen LogP contribution in [0.2, 0.25) is 0 Å². The van der Waals surface area contributed by atoms with Crippen molar-refractivity contribution >= 4 is 44.5 Å². The standard InChI is InChI=1S/C18H16N8O5S/c1-22-8-19-14-12(22)15(28)25(18(30)23(14)2)6-11(27)31-7-10-20-21-17-24(3)16(29)13-9(26(10)17)4-5-32-13/h4-5,8H,6-7H2,1-3H3. The Bertz CT molecular complexity index is 1730. The first kappa shape index (κ1) is 19.9. The van der Waals surface area contributed by atoms with Crippen LogP contribution in [-0.2, 0) is 43.8 Å². The predicted molar refractivity (Wildman–Crippen MR) is 114 cm³/mol. The lowest BCUT2D eigenvalue weighted by Crippen LogP contribution is -2.41. The maximum absolute atomic E-state index is 12.7. The normalized spacial score (nSPS) is 11.7. The summed E-state index contributed by atoms with van der Waals surface area (Å²) in [4.78, 5) is 54.2. The van der Waals surface area contributed by atoms with Crippen LogP contribution >= 0.6 is 11.3 Å². The van der Waals surface area contributed by atoms with Crippen LogP contribution in [0.4, 0.5) is 0 Å². The molecule has 0 spiro atoms. The fourth-order valence-corrected chi connectivity index (χ4v) is 4.45. The average molecular weight is 456 g/mol. The van der Waals surface area contributed by atoms with Crippen molar-refractivity contribution in [1.82, 2.24) is 37.9 Å². The zero-order valence-electron chi connectivity index (χ0n) is 17.2. The summed E-state index contributed by atoms with van der Waals surface area (Å²) in [7, 11) is 4.68. The van der Waals surface area contributed by atoms with E-state index in [1.54, 1.807) is 29.9 Å². The highest BCUT2D eigenvalue weighted by Gasteiger charge is 2.19. The minimum atomic E-state index is -0.797. The number of aryl methyl sites for hydroxylation is 3. The first-order valence-electron chi connectivity index (χ1n) is 9.36. The van der Waals surface area contributed by atoms with Crippen LogP contribution in [-0.4, -0.2) is 43.8 Å². The van der Waals surface area contributed by atoms with Gasteiger partial charge >= 0.3 is 11.7 Å². The minimum Gasteiger partial charge on any atom is -0.456 e. The van der Waals surface area contributed by atoms with Crippen molar-refractivity contribution < 1.29 is 9.53 Å². The number of rotatable bonds is 4. The molecule has 5 aromatic heterocycles. The minimum absolute atomic E-state index is 0.195. The van der Waals surface area contributed by atoms with E-state index in [1.807, 2.05) is 0 Å². The maximum atomic E-state index is 12.7. The number of imidazole rings is 1. The first-order valence-corrected chi connectivity index (χ1v) is 10.2. The molecule has 5 heterocycles. The number of hydrogen-bond acceptors (Lipinski definition) is 9. The summed E-state index contributed by atoms with van der Waals surface area (Å²) in [5, 5.41) is 9.83. The van der Waals surface area contributed by atoms with Gasteiger partial charge in [-0.05, 0) is 11.4 Å². The lowest BCUT2D eigenvalue weighted by atomic mass is 10.4. The second kappa shape index (κ2) is 6.98. The Kier molecular flexibility index (Phi) is 4.33. The molecule has 0 unspecified atom stereocenters. The maximum Gasteiger partial charge on any atom is 0.333 e. The first-order chi connectivity index (χ1) is 15.3. The molecule has 0 aromatic carbocycles. The van der Waals surface area contributed by atoms with E-state index in [-0.39, 0.29) is 23.3 Å². The van der Waals surface area contributed by atoms with Crippen molar-refractivity contribution in [3.8, 4) is 0 Å². The van der Waals surface area contributed by atoms with Crippen LogP contribution in [0.25, 0.3) is 27.2 Å². The molecule has 13 nitrogen and oxygen atoms in total. The monoisotopic (exact) mass is 456 g/mol. The van der Waals surface area contributed by atoms with E-state index in [0.717, 1.165) is 4.57 Å². The summed E-state index contributed by atoms with van der Waals surface area (Å²) in [6, 6.07) is 1.76. The SMILES string of the molecule is Cn1cnc2c1c(=O)n(CC(=O)OCc1nnc3n(C)c(=O)c4sccc4n13)c(=O)n2C. The Labute approximate surface area is 181 Å². The van der Waals surface area contributed by atoms with Gasteiger partial charge in [0.2, 0.25) is 5.78 Å². The van der Waals surface area contributed by atoms with Crippen molar-refractivity contribution in [3.63, 3.8) is 0 Å². The van der Waals surface area contributed by atoms with Crippen LogP contribution in [0.1, 0.15) is 5.82 Å². The summed E-state index contributed by atoms with van der Waals surface area (Å²) in [6.45, 7) is -0.831. The number of fused-ring (bicyclic) bond motifs is 4. The van der Waals surface area contributed by atoms with E-state index in [1.165, 1.54) is 38.4 Å². The van der Waals surface area contributed by atoms with Gasteiger partial charge in [-0.2, -0.15) is 0 Å². The number of aromatic nitrogens is 8. The van der Waals surface area contributed by atoms with Gasteiger partial charge in [0.1, 0.15) is 11.2 Å².